The highest BCUT2D eigenvalue weighted by molar-refractivity contribution is 5.89. The topological polar surface area (TPSA) is 70.2 Å². The fourth-order valence-corrected chi connectivity index (χ4v) is 1.49. The predicted octanol–water partition coefficient (Wildman–Crippen LogP) is 1.35. The highest BCUT2D eigenvalue weighted by Gasteiger charge is 2.06. The van der Waals surface area contributed by atoms with Gasteiger partial charge in [-0.15, -0.1) is 0 Å². The molecule has 0 aliphatic rings. The monoisotopic (exact) mass is 185 g/mol. The van der Waals surface area contributed by atoms with Gasteiger partial charge in [0, 0.05) is 5.56 Å². The maximum atomic E-state index is 4.23. The molecule has 2 N–H and O–H groups in total. The Labute approximate surface area is 79.2 Å². The minimum atomic E-state index is 0.739. The van der Waals surface area contributed by atoms with Gasteiger partial charge in [-0.3, -0.25) is 5.10 Å². The summed E-state index contributed by atoms with van der Waals surface area (Å²) in [7, 11) is 0. The zero-order valence-electron chi connectivity index (χ0n) is 7.23. The number of fused-ring (bicyclic) bond motifs is 1. The van der Waals surface area contributed by atoms with Crippen molar-refractivity contribution in [1.29, 1.82) is 0 Å². The average Bonchev–Trinajstić information content (AvgIpc) is 2.88. The van der Waals surface area contributed by atoms with Crippen LogP contribution in [0.5, 0.6) is 0 Å². The van der Waals surface area contributed by atoms with Crippen LogP contribution in [-0.2, 0) is 0 Å². The van der Waals surface area contributed by atoms with Crippen molar-refractivity contribution in [2.75, 3.05) is 0 Å². The number of H-pyrrole nitrogens is 2. The number of hydrogen-bond acceptors (Lipinski definition) is 3. The molecule has 0 radical (unpaired) electrons. The van der Waals surface area contributed by atoms with Gasteiger partial charge in [0.15, 0.2) is 5.82 Å². The Balaban J connectivity index is 2.36. The van der Waals surface area contributed by atoms with Crippen LogP contribution in [0.4, 0.5) is 0 Å². The molecule has 0 aliphatic carbocycles. The van der Waals surface area contributed by atoms with Gasteiger partial charge in [0.1, 0.15) is 6.33 Å². The molecular formula is C9H7N5. The van der Waals surface area contributed by atoms with Gasteiger partial charge in [0.2, 0.25) is 0 Å². The molecule has 0 fully saturated rings. The normalized spacial score (nSPS) is 10.9. The highest BCUT2D eigenvalue weighted by Crippen LogP contribution is 2.22. The van der Waals surface area contributed by atoms with Gasteiger partial charge in [0.05, 0.1) is 17.4 Å². The second-order valence-corrected chi connectivity index (χ2v) is 2.94. The van der Waals surface area contributed by atoms with E-state index < -0.39 is 0 Å². The largest absolute Gasteiger partial charge is 0.345 e. The van der Waals surface area contributed by atoms with Crippen LogP contribution >= 0.6 is 0 Å². The van der Waals surface area contributed by atoms with E-state index >= 15 is 0 Å². The average molecular weight is 185 g/mol. The van der Waals surface area contributed by atoms with Gasteiger partial charge in [0.25, 0.3) is 0 Å². The molecule has 1 aromatic carbocycles. The lowest BCUT2D eigenvalue weighted by molar-refractivity contribution is 1.10. The molecule has 0 atom stereocenters. The molecule has 0 saturated heterocycles. The molecule has 3 aromatic rings. The van der Waals surface area contributed by atoms with Crippen LogP contribution in [0.2, 0.25) is 0 Å². The lowest BCUT2D eigenvalue weighted by atomic mass is 10.2. The first kappa shape index (κ1) is 7.25. The van der Waals surface area contributed by atoms with Crippen molar-refractivity contribution in [3.05, 3.63) is 30.9 Å². The highest BCUT2D eigenvalue weighted by atomic mass is 15.2. The predicted molar refractivity (Wildman–Crippen MR) is 51.5 cm³/mol. The second-order valence-electron chi connectivity index (χ2n) is 2.94. The van der Waals surface area contributed by atoms with Gasteiger partial charge < -0.3 is 4.98 Å². The number of nitrogens with zero attached hydrogens (tertiary/aromatic N) is 3. The van der Waals surface area contributed by atoms with E-state index in [4.69, 9.17) is 0 Å². The molecule has 0 amide bonds. The molecule has 3 rings (SSSR count). The maximum Gasteiger partial charge on any atom is 0.157 e. The van der Waals surface area contributed by atoms with E-state index in [0.29, 0.717) is 0 Å². The van der Waals surface area contributed by atoms with Crippen molar-refractivity contribution in [1.82, 2.24) is 25.1 Å². The van der Waals surface area contributed by atoms with Gasteiger partial charge >= 0.3 is 0 Å². The summed E-state index contributed by atoms with van der Waals surface area (Å²) < 4.78 is 0. The number of aromatic amines is 2. The Morgan fingerprint density at radius 2 is 2.14 bits per heavy atom. The van der Waals surface area contributed by atoms with E-state index in [9.17, 15) is 0 Å². The van der Waals surface area contributed by atoms with E-state index in [1.807, 2.05) is 18.2 Å². The lowest BCUT2D eigenvalue weighted by Gasteiger charge is -1.96. The van der Waals surface area contributed by atoms with E-state index in [2.05, 4.69) is 25.1 Å². The van der Waals surface area contributed by atoms with Crippen molar-refractivity contribution in [2.45, 2.75) is 0 Å². The van der Waals surface area contributed by atoms with Crippen LogP contribution < -0.4 is 0 Å². The maximum absolute atomic E-state index is 4.23. The van der Waals surface area contributed by atoms with Gasteiger partial charge in [-0.2, -0.15) is 5.10 Å². The molecule has 0 spiro atoms. The number of nitrogens with one attached hydrogen (secondary N) is 2. The van der Waals surface area contributed by atoms with Crippen molar-refractivity contribution in [3.63, 3.8) is 0 Å². The molecule has 0 aliphatic heterocycles. The number of benzene rings is 1. The third kappa shape index (κ3) is 0.922. The fourth-order valence-electron chi connectivity index (χ4n) is 1.49. The number of aromatic nitrogens is 5. The van der Waals surface area contributed by atoms with Crippen LogP contribution in [0, 0.1) is 0 Å². The van der Waals surface area contributed by atoms with Gasteiger partial charge in [-0.25, -0.2) is 9.97 Å². The first-order valence-corrected chi connectivity index (χ1v) is 4.23. The van der Waals surface area contributed by atoms with Crippen LogP contribution in [0.25, 0.3) is 22.4 Å². The first-order chi connectivity index (χ1) is 6.95. The van der Waals surface area contributed by atoms with Crippen molar-refractivity contribution in [3.8, 4) is 11.4 Å². The standard InChI is InChI=1S/C9H7N5/c1-2-6(9-12-5-13-14-9)8-7(3-1)10-4-11-8/h1-5H,(H,10,11)(H,12,13,14). The lowest BCUT2D eigenvalue weighted by Crippen LogP contribution is -1.82. The summed E-state index contributed by atoms with van der Waals surface area (Å²) in [4.78, 5) is 11.4. The minimum Gasteiger partial charge on any atom is -0.345 e. The molecule has 68 valence electrons. The van der Waals surface area contributed by atoms with Crippen LogP contribution in [-0.4, -0.2) is 25.1 Å². The summed E-state index contributed by atoms with van der Waals surface area (Å²) in [5.41, 5.74) is 2.87. The fraction of sp³-hybridized carbons (Fsp3) is 0. The van der Waals surface area contributed by atoms with Crippen LogP contribution in [0.1, 0.15) is 0 Å². The molecule has 5 heteroatoms. The van der Waals surface area contributed by atoms with Gasteiger partial charge in [-0.1, -0.05) is 6.07 Å². The SMILES string of the molecule is c1cc(-c2ncn[nH]2)c2nc[nH]c2c1. The summed E-state index contributed by atoms with van der Waals surface area (Å²) >= 11 is 0. The molecule has 2 aromatic heterocycles. The summed E-state index contributed by atoms with van der Waals surface area (Å²) in [5, 5.41) is 6.64. The zero-order valence-corrected chi connectivity index (χ0v) is 7.23. The van der Waals surface area contributed by atoms with Crippen molar-refractivity contribution >= 4 is 11.0 Å². The van der Waals surface area contributed by atoms with Crippen LogP contribution in [0.15, 0.2) is 30.9 Å². The van der Waals surface area contributed by atoms with E-state index in [0.717, 1.165) is 22.4 Å². The quantitative estimate of drug-likeness (QED) is 0.601. The molecule has 2 heterocycles. The molecular weight excluding hydrogens is 178 g/mol. The molecule has 0 unspecified atom stereocenters. The molecule has 5 nitrogen and oxygen atoms in total. The first-order valence-electron chi connectivity index (χ1n) is 4.23. The smallest absolute Gasteiger partial charge is 0.157 e. The summed E-state index contributed by atoms with van der Waals surface area (Å²) in [6.07, 6.45) is 3.16. The van der Waals surface area contributed by atoms with E-state index in [1.54, 1.807) is 6.33 Å². The third-order valence-electron chi connectivity index (χ3n) is 2.12. The third-order valence-corrected chi connectivity index (χ3v) is 2.12. The Morgan fingerprint density at radius 1 is 1.14 bits per heavy atom. The zero-order chi connectivity index (χ0) is 9.38. The molecule has 14 heavy (non-hydrogen) atoms. The number of para-hydroxylation sites is 1. The van der Waals surface area contributed by atoms with Crippen LogP contribution in [0.3, 0.4) is 0 Å². The number of imidazole rings is 1. The Bertz CT molecular complexity index is 551. The Hall–Kier alpha value is -2.17. The Kier molecular flexibility index (Phi) is 1.38. The van der Waals surface area contributed by atoms with E-state index in [-0.39, 0.29) is 0 Å². The summed E-state index contributed by atoms with van der Waals surface area (Å²) in [5.74, 6) is 0.739. The van der Waals surface area contributed by atoms with Gasteiger partial charge in [-0.05, 0) is 12.1 Å². The second kappa shape index (κ2) is 2.66. The number of rotatable bonds is 1. The van der Waals surface area contributed by atoms with Crippen molar-refractivity contribution < 1.29 is 0 Å². The van der Waals surface area contributed by atoms with E-state index in [1.165, 1.54) is 6.33 Å². The van der Waals surface area contributed by atoms with Crippen molar-refractivity contribution in [2.24, 2.45) is 0 Å². The number of hydrogen-bond donors (Lipinski definition) is 2. The summed E-state index contributed by atoms with van der Waals surface area (Å²) in [6, 6.07) is 5.89. The Morgan fingerprint density at radius 3 is 3.00 bits per heavy atom. The summed E-state index contributed by atoms with van der Waals surface area (Å²) in [6.45, 7) is 0. The minimum absolute atomic E-state index is 0.739. The molecule has 0 bridgehead atoms. The molecule has 0 saturated carbocycles.